The van der Waals surface area contributed by atoms with Crippen molar-refractivity contribution in [2.24, 2.45) is 0 Å². The molecular formula is C7H5ClN4O2S. The fraction of sp³-hybridized carbons (Fsp3) is 0.143. The van der Waals surface area contributed by atoms with Crippen molar-refractivity contribution in [3.05, 3.63) is 37.9 Å². The zero-order chi connectivity index (χ0) is 10.8. The Kier molecular flexibility index (Phi) is 2.65. The highest BCUT2D eigenvalue weighted by atomic mass is 35.5. The van der Waals surface area contributed by atoms with Gasteiger partial charge in [-0.25, -0.2) is 0 Å². The summed E-state index contributed by atoms with van der Waals surface area (Å²) in [5.41, 5.74) is 1.69. The van der Waals surface area contributed by atoms with Gasteiger partial charge in [0.2, 0.25) is 0 Å². The molecular weight excluding hydrogens is 240 g/mol. The maximum absolute atomic E-state index is 10.5. The fourth-order valence-corrected chi connectivity index (χ4v) is 1.88. The van der Waals surface area contributed by atoms with Crippen molar-refractivity contribution in [3.63, 3.8) is 0 Å². The number of nitrogens with zero attached hydrogens (tertiary/aromatic N) is 4. The lowest BCUT2D eigenvalue weighted by atomic mass is 10.5. The smallest absolute Gasteiger partial charge is 0.358 e. The molecule has 0 aliphatic carbocycles. The van der Waals surface area contributed by atoms with Crippen LogP contribution in [0.2, 0.25) is 5.02 Å². The van der Waals surface area contributed by atoms with Crippen molar-refractivity contribution in [1.82, 2.24) is 14.8 Å². The van der Waals surface area contributed by atoms with Crippen molar-refractivity contribution in [2.75, 3.05) is 0 Å². The third-order valence-corrected chi connectivity index (χ3v) is 2.70. The summed E-state index contributed by atoms with van der Waals surface area (Å²) < 4.78 is 1.42. The SMILES string of the molecule is O=[N+]([O-])c1nn(Cc2cncs2)cc1Cl. The van der Waals surface area contributed by atoms with Crippen molar-refractivity contribution in [3.8, 4) is 0 Å². The summed E-state index contributed by atoms with van der Waals surface area (Å²) in [5, 5.41) is 14.3. The summed E-state index contributed by atoms with van der Waals surface area (Å²) in [6.07, 6.45) is 3.12. The van der Waals surface area contributed by atoms with Gasteiger partial charge < -0.3 is 10.1 Å². The van der Waals surface area contributed by atoms with Crippen molar-refractivity contribution < 1.29 is 4.92 Å². The van der Waals surface area contributed by atoms with Gasteiger partial charge in [0.1, 0.15) is 0 Å². The van der Waals surface area contributed by atoms with E-state index in [9.17, 15) is 10.1 Å². The molecule has 0 spiro atoms. The van der Waals surface area contributed by atoms with Gasteiger partial charge in [-0.1, -0.05) is 11.6 Å². The molecule has 0 fully saturated rings. The van der Waals surface area contributed by atoms with E-state index < -0.39 is 4.92 Å². The average molecular weight is 245 g/mol. The van der Waals surface area contributed by atoms with Gasteiger partial charge in [0.15, 0.2) is 5.02 Å². The molecule has 2 heterocycles. The Bertz CT molecular complexity index is 481. The fourth-order valence-electron chi connectivity index (χ4n) is 1.07. The standard InChI is InChI=1S/C7H5ClN4O2S/c8-6-3-11(10-7(6)12(13)14)2-5-1-9-4-15-5/h1,3-4H,2H2. The molecule has 0 amide bonds. The van der Waals surface area contributed by atoms with E-state index in [2.05, 4.69) is 10.1 Å². The number of hydrogen-bond acceptors (Lipinski definition) is 5. The largest absolute Gasteiger partial charge is 0.408 e. The molecule has 2 aromatic heterocycles. The Labute approximate surface area is 93.3 Å². The minimum absolute atomic E-state index is 0.0458. The molecule has 0 aliphatic rings. The second-order valence-corrected chi connectivity index (χ2v) is 4.10. The Morgan fingerprint density at radius 1 is 1.67 bits per heavy atom. The quantitative estimate of drug-likeness (QED) is 0.611. The van der Waals surface area contributed by atoms with Crippen LogP contribution in [0, 0.1) is 10.1 Å². The summed E-state index contributed by atoms with van der Waals surface area (Å²) in [6.45, 7) is 0.443. The second-order valence-electron chi connectivity index (χ2n) is 2.72. The summed E-state index contributed by atoms with van der Waals surface area (Å²) in [4.78, 5) is 14.7. The predicted molar refractivity (Wildman–Crippen MR) is 55.1 cm³/mol. The Morgan fingerprint density at radius 2 is 2.47 bits per heavy atom. The first kappa shape index (κ1) is 10.1. The van der Waals surface area contributed by atoms with E-state index in [1.807, 2.05) is 0 Å². The van der Waals surface area contributed by atoms with Crippen molar-refractivity contribution in [1.29, 1.82) is 0 Å². The van der Waals surface area contributed by atoms with Crippen LogP contribution in [0.3, 0.4) is 0 Å². The molecule has 0 saturated carbocycles. The van der Waals surface area contributed by atoms with Gasteiger partial charge in [-0.2, -0.15) is 4.68 Å². The maximum Gasteiger partial charge on any atom is 0.408 e. The topological polar surface area (TPSA) is 73.8 Å². The van der Waals surface area contributed by atoms with Crippen LogP contribution >= 0.6 is 22.9 Å². The van der Waals surface area contributed by atoms with Gasteiger partial charge in [0.25, 0.3) is 0 Å². The van der Waals surface area contributed by atoms with Gasteiger partial charge in [-0.15, -0.1) is 11.3 Å². The maximum atomic E-state index is 10.5. The average Bonchev–Trinajstić information content (AvgIpc) is 2.75. The molecule has 0 aromatic carbocycles. The molecule has 0 saturated heterocycles. The molecule has 0 radical (unpaired) electrons. The molecule has 0 aliphatic heterocycles. The van der Waals surface area contributed by atoms with Gasteiger partial charge in [-0.05, 0) is 4.92 Å². The van der Waals surface area contributed by atoms with E-state index in [0.717, 1.165) is 4.88 Å². The molecule has 0 atom stereocenters. The number of rotatable bonds is 3. The lowest BCUT2D eigenvalue weighted by molar-refractivity contribution is -0.389. The van der Waals surface area contributed by atoms with Gasteiger partial charge in [0.05, 0.1) is 23.4 Å². The normalized spacial score (nSPS) is 10.5. The molecule has 15 heavy (non-hydrogen) atoms. The zero-order valence-electron chi connectivity index (χ0n) is 7.33. The first-order chi connectivity index (χ1) is 7.16. The molecule has 0 unspecified atom stereocenters. The number of nitro groups is 1. The molecule has 2 rings (SSSR count). The first-order valence-corrected chi connectivity index (χ1v) is 5.17. The third-order valence-electron chi connectivity index (χ3n) is 1.67. The minimum Gasteiger partial charge on any atom is -0.358 e. The lowest BCUT2D eigenvalue weighted by Gasteiger charge is -1.90. The molecule has 0 bridgehead atoms. The van der Waals surface area contributed by atoms with E-state index in [0.29, 0.717) is 6.54 Å². The van der Waals surface area contributed by atoms with Crippen LogP contribution in [0.1, 0.15) is 4.88 Å². The van der Waals surface area contributed by atoms with E-state index in [1.165, 1.54) is 22.2 Å². The summed E-state index contributed by atoms with van der Waals surface area (Å²) in [5.74, 6) is -0.318. The Hall–Kier alpha value is -1.47. The highest BCUT2D eigenvalue weighted by molar-refractivity contribution is 7.09. The second kappa shape index (κ2) is 3.95. The predicted octanol–water partition coefficient (Wildman–Crippen LogP) is 1.95. The Balaban J connectivity index is 2.23. The number of halogens is 1. The van der Waals surface area contributed by atoms with E-state index in [-0.39, 0.29) is 10.8 Å². The lowest BCUT2D eigenvalue weighted by Crippen LogP contribution is -1.99. The highest BCUT2D eigenvalue weighted by Crippen LogP contribution is 2.22. The number of hydrogen-bond donors (Lipinski definition) is 0. The van der Waals surface area contributed by atoms with Crippen LogP contribution in [0.4, 0.5) is 5.82 Å². The molecule has 0 N–H and O–H groups in total. The highest BCUT2D eigenvalue weighted by Gasteiger charge is 2.19. The molecule has 2 aromatic rings. The monoisotopic (exact) mass is 244 g/mol. The van der Waals surface area contributed by atoms with Gasteiger partial charge >= 0.3 is 5.82 Å². The van der Waals surface area contributed by atoms with E-state index in [4.69, 9.17) is 11.6 Å². The summed E-state index contributed by atoms with van der Waals surface area (Å²) >= 11 is 7.10. The van der Waals surface area contributed by atoms with Crippen molar-refractivity contribution in [2.45, 2.75) is 6.54 Å². The van der Waals surface area contributed by atoms with Crippen LogP contribution in [0.25, 0.3) is 0 Å². The molecule has 78 valence electrons. The minimum atomic E-state index is -0.606. The van der Waals surface area contributed by atoms with Gasteiger partial charge in [-0.3, -0.25) is 4.98 Å². The zero-order valence-corrected chi connectivity index (χ0v) is 8.90. The van der Waals surface area contributed by atoms with Crippen molar-refractivity contribution >= 4 is 28.8 Å². The first-order valence-electron chi connectivity index (χ1n) is 3.91. The molecule has 8 heteroatoms. The Morgan fingerprint density at radius 3 is 3.00 bits per heavy atom. The van der Waals surface area contributed by atoms with E-state index >= 15 is 0 Å². The number of aromatic nitrogens is 3. The van der Waals surface area contributed by atoms with Crippen LogP contribution < -0.4 is 0 Å². The third kappa shape index (κ3) is 2.13. The van der Waals surface area contributed by atoms with Gasteiger partial charge in [0, 0.05) is 11.1 Å². The number of thiazole rings is 1. The van der Waals surface area contributed by atoms with E-state index in [1.54, 1.807) is 11.7 Å². The molecule has 6 nitrogen and oxygen atoms in total. The van der Waals surface area contributed by atoms with Crippen LogP contribution in [-0.4, -0.2) is 19.7 Å². The van der Waals surface area contributed by atoms with Crippen LogP contribution in [0.5, 0.6) is 0 Å². The summed E-state index contributed by atoms with van der Waals surface area (Å²) in [6, 6.07) is 0. The summed E-state index contributed by atoms with van der Waals surface area (Å²) in [7, 11) is 0. The van der Waals surface area contributed by atoms with Crippen LogP contribution in [-0.2, 0) is 6.54 Å². The van der Waals surface area contributed by atoms with Crippen LogP contribution in [0.15, 0.2) is 17.9 Å².